The second-order valence-electron chi connectivity index (χ2n) is 5.03. The van der Waals surface area contributed by atoms with Gasteiger partial charge in [0, 0.05) is 6.04 Å². The summed E-state index contributed by atoms with van der Waals surface area (Å²) in [5, 5.41) is 3.59. The van der Waals surface area contributed by atoms with Crippen molar-refractivity contribution in [2.75, 3.05) is 6.61 Å². The van der Waals surface area contributed by atoms with Gasteiger partial charge < -0.3 is 4.74 Å². The van der Waals surface area contributed by atoms with Crippen molar-refractivity contribution in [1.82, 2.24) is 5.32 Å². The third-order valence-electron chi connectivity index (χ3n) is 3.78. The molecule has 0 amide bonds. The summed E-state index contributed by atoms with van der Waals surface area (Å²) in [6, 6.07) is 0.505. The standard InChI is InChI=1S/C14H27NO2/c1-4-11-14(5-2,13(16)17-6-3)15-12-9-7-8-10-12/h12,15H,4-11H2,1-3H3. The van der Waals surface area contributed by atoms with Crippen LogP contribution in [-0.2, 0) is 9.53 Å². The molecule has 1 aliphatic rings. The van der Waals surface area contributed by atoms with E-state index in [0.29, 0.717) is 12.6 Å². The van der Waals surface area contributed by atoms with Gasteiger partial charge >= 0.3 is 5.97 Å². The highest BCUT2D eigenvalue weighted by Gasteiger charge is 2.39. The van der Waals surface area contributed by atoms with Crippen molar-refractivity contribution in [3.8, 4) is 0 Å². The van der Waals surface area contributed by atoms with Crippen LogP contribution in [0.4, 0.5) is 0 Å². The molecule has 1 saturated carbocycles. The second kappa shape index (κ2) is 7.00. The van der Waals surface area contributed by atoms with E-state index in [9.17, 15) is 4.79 Å². The first-order valence-electron chi connectivity index (χ1n) is 7.13. The van der Waals surface area contributed by atoms with Gasteiger partial charge in [-0.1, -0.05) is 33.1 Å². The van der Waals surface area contributed by atoms with Gasteiger partial charge in [0.1, 0.15) is 5.54 Å². The summed E-state index contributed by atoms with van der Waals surface area (Å²) in [6.07, 6.45) is 7.66. The molecule has 3 heteroatoms. The van der Waals surface area contributed by atoms with Crippen LogP contribution < -0.4 is 5.32 Å². The molecule has 0 spiro atoms. The zero-order valence-corrected chi connectivity index (χ0v) is 11.6. The molecule has 0 aliphatic heterocycles. The highest BCUT2D eigenvalue weighted by atomic mass is 16.5. The Kier molecular flexibility index (Phi) is 5.96. The topological polar surface area (TPSA) is 38.3 Å². The van der Waals surface area contributed by atoms with Crippen LogP contribution in [0.15, 0.2) is 0 Å². The molecule has 0 saturated heterocycles. The van der Waals surface area contributed by atoms with Gasteiger partial charge in [-0.15, -0.1) is 0 Å². The SMILES string of the molecule is CCCC(CC)(NC1CCCC1)C(=O)OCC. The van der Waals surface area contributed by atoms with Gasteiger partial charge in [-0.25, -0.2) is 0 Å². The van der Waals surface area contributed by atoms with Crippen LogP contribution in [-0.4, -0.2) is 24.2 Å². The molecule has 0 aromatic carbocycles. The van der Waals surface area contributed by atoms with Gasteiger partial charge in [0.05, 0.1) is 6.61 Å². The van der Waals surface area contributed by atoms with Crippen molar-refractivity contribution in [1.29, 1.82) is 0 Å². The lowest BCUT2D eigenvalue weighted by molar-refractivity contribution is -0.152. The molecule has 17 heavy (non-hydrogen) atoms. The Bertz CT molecular complexity index is 236. The van der Waals surface area contributed by atoms with E-state index >= 15 is 0 Å². The number of carbonyl (C=O) groups excluding carboxylic acids is 1. The number of rotatable bonds is 7. The Morgan fingerprint density at radius 3 is 2.41 bits per heavy atom. The molecule has 0 aromatic rings. The Hall–Kier alpha value is -0.570. The van der Waals surface area contributed by atoms with Crippen LogP contribution >= 0.6 is 0 Å². The van der Waals surface area contributed by atoms with Crippen LogP contribution in [0.25, 0.3) is 0 Å². The normalized spacial score (nSPS) is 20.2. The van der Waals surface area contributed by atoms with E-state index in [1.807, 2.05) is 6.92 Å². The van der Waals surface area contributed by atoms with Gasteiger partial charge in [0.2, 0.25) is 0 Å². The van der Waals surface area contributed by atoms with Crippen LogP contribution in [0.5, 0.6) is 0 Å². The third kappa shape index (κ3) is 3.70. The fraction of sp³-hybridized carbons (Fsp3) is 0.929. The van der Waals surface area contributed by atoms with Gasteiger partial charge in [-0.3, -0.25) is 10.1 Å². The van der Waals surface area contributed by atoms with E-state index in [4.69, 9.17) is 4.74 Å². The number of carbonyl (C=O) groups is 1. The zero-order valence-electron chi connectivity index (χ0n) is 11.6. The quantitative estimate of drug-likeness (QED) is 0.696. The number of hydrogen-bond donors (Lipinski definition) is 1. The first-order valence-corrected chi connectivity index (χ1v) is 7.13. The molecule has 1 N–H and O–H groups in total. The molecular formula is C14H27NO2. The molecule has 1 atom stereocenters. The van der Waals surface area contributed by atoms with E-state index in [-0.39, 0.29) is 5.97 Å². The number of nitrogens with one attached hydrogen (secondary N) is 1. The number of ether oxygens (including phenoxy) is 1. The average molecular weight is 241 g/mol. The van der Waals surface area contributed by atoms with E-state index in [1.165, 1.54) is 25.7 Å². The summed E-state index contributed by atoms with van der Waals surface area (Å²) >= 11 is 0. The lowest BCUT2D eigenvalue weighted by Gasteiger charge is -2.34. The van der Waals surface area contributed by atoms with E-state index in [0.717, 1.165) is 19.3 Å². The molecule has 1 unspecified atom stereocenters. The van der Waals surface area contributed by atoms with Crippen molar-refractivity contribution in [2.45, 2.75) is 77.3 Å². The molecule has 0 bridgehead atoms. The van der Waals surface area contributed by atoms with Crippen molar-refractivity contribution in [2.24, 2.45) is 0 Å². The first-order chi connectivity index (χ1) is 8.18. The molecular weight excluding hydrogens is 214 g/mol. The van der Waals surface area contributed by atoms with Crippen LogP contribution in [0.1, 0.15) is 65.7 Å². The summed E-state index contributed by atoms with van der Waals surface area (Å²) in [4.78, 5) is 12.2. The van der Waals surface area contributed by atoms with Crippen molar-refractivity contribution < 1.29 is 9.53 Å². The summed E-state index contributed by atoms with van der Waals surface area (Å²) in [5.41, 5.74) is -0.445. The minimum absolute atomic E-state index is 0.0590. The number of esters is 1. The van der Waals surface area contributed by atoms with Gasteiger partial charge in [0.15, 0.2) is 0 Å². The summed E-state index contributed by atoms with van der Waals surface area (Å²) in [7, 11) is 0. The highest BCUT2D eigenvalue weighted by molar-refractivity contribution is 5.80. The van der Waals surface area contributed by atoms with Gasteiger partial charge in [-0.2, -0.15) is 0 Å². The highest BCUT2D eigenvalue weighted by Crippen LogP contribution is 2.26. The minimum atomic E-state index is -0.445. The van der Waals surface area contributed by atoms with E-state index < -0.39 is 5.54 Å². The molecule has 100 valence electrons. The monoisotopic (exact) mass is 241 g/mol. The van der Waals surface area contributed by atoms with Crippen molar-refractivity contribution in [3.05, 3.63) is 0 Å². The summed E-state index contributed by atoms with van der Waals surface area (Å²) in [6.45, 7) is 6.55. The summed E-state index contributed by atoms with van der Waals surface area (Å²) in [5.74, 6) is -0.0590. The molecule has 1 aliphatic carbocycles. The van der Waals surface area contributed by atoms with Crippen LogP contribution in [0.2, 0.25) is 0 Å². The molecule has 0 heterocycles. The first kappa shape index (κ1) is 14.5. The fourth-order valence-corrected chi connectivity index (χ4v) is 2.81. The molecule has 1 fully saturated rings. The predicted octanol–water partition coefficient (Wildman–Crippen LogP) is 3.03. The second-order valence-corrected chi connectivity index (χ2v) is 5.03. The third-order valence-corrected chi connectivity index (χ3v) is 3.78. The van der Waals surface area contributed by atoms with Gasteiger partial charge in [0.25, 0.3) is 0 Å². The Balaban J connectivity index is 2.70. The minimum Gasteiger partial charge on any atom is -0.465 e. The fourth-order valence-electron chi connectivity index (χ4n) is 2.81. The molecule has 0 radical (unpaired) electrons. The van der Waals surface area contributed by atoms with Crippen LogP contribution in [0, 0.1) is 0 Å². The lowest BCUT2D eigenvalue weighted by Crippen LogP contribution is -2.55. The predicted molar refractivity (Wildman–Crippen MR) is 70.0 cm³/mol. The van der Waals surface area contributed by atoms with Gasteiger partial charge in [-0.05, 0) is 32.6 Å². The summed E-state index contributed by atoms with van der Waals surface area (Å²) < 4.78 is 5.26. The van der Waals surface area contributed by atoms with E-state index in [1.54, 1.807) is 0 Å². The Morgan fingerprint density at radius 1 is 1.29 bits per heavy atom. The molecule has 3 nitrogen and oxygen atoms in total. The largest absolute Gasteiger partial charge is 0.465 e. The zero-order chi connectivity index (χ0) is 12.7. The Labute approximate surface area is 105 Å². The maximum Gasteiger partial charge on any atom is 0.326 e. The van der Waals surface area contributed by atoms with Crippen molar-refractivity contribution in [3.63, 3.8) is 0 Å². The average Bonchev–Trinajstić information content (AvgIpc) is 2.81. The maximum atomic E-state index is 12.2. The Morgan fingerprint density at radius 2 is 1.94 bits per heavy atom. The molecule has 1 rings (SSSR count). The lowest BCUT2D eigenvalue weighted by atomic mass is 9.89. The van der Waals surface area contributed by atoms with Crippen molar-refractivity contribution >= 4 is 5.97 Å². The smallest absolute Gasteiger partial charge is 0.326 e. The van der Waals surface area contributed by atoms with Crippen LogP contribution in [0.3, 0.4) is 0 Å². The maximum absolute atomic E-state index is 12.2. The molecule has 0 aromatic heterocycles. The number of hydrogen-bond acceptors (Lipinski definition) is 3. The van der Waals surface area contributed by atoms with E-state index in [2.05, 4.69) is 19.2 Å².